The van der Waals surface area contributed by atoms with Gasteiger partial charge in [-0.05, 0) is 32.1 Å². The van der Waals surface area contributed by atoms with Crippen molar-refractivity contribution in [2.75, 3.05) is 19.7 Å². The van der Waals surface area contributed by atoms with Crippen LogP contribution in [0.25, 0.3) is 0 Å². The quantitative estimate of drug-likeness (QED) is 0.838. The van der Waals surface area contributed by atoms with Crippen molar-refractivity contribution >= 4 is 17.4 Å². The molecule has 0 bridgehead atoms. The number of aromatic nitrogens is 1. The molecule has 0 radical (unpaired) electrons. The van der Waals surface area contributed by atoms with Gasteiger partial charge < -0.3 is 14.4 Å². The van der Waals surface area contributed by atoms with Crippen molar-refractivity contribution in [3.05, 3.63) is 16.1 Å². The third-order valence-electron chi connectivity index (χ3n) is 3.68. The SMILES string of the molecule is Cc1nc(COC2CCN(C(=O)OCC3CC3)C2)cs1. The lowest BCUT2D eigenvalue weighted by atomic mass is 10.3. The van der Waals surface area contributed by atoms with Gasteiger partial charge in [-0.15, -0.1) is 11.3 Å². The van der Waals surface area contributed by atoms with Gasteiger partial charge in [-0.1, -0.05) is 0 Å². The van der Waals surface area contributed by atoms with Crippen molar-refractivity contribution < 1.29 is 14.3 Å². The van der Waals surface area contributed by atoms with Crippen LogP contribution in [0.4, 0.5) is 4.79 Å². The van der Waals surface area contributed by atoms with E-state index in [0.717, 1.165) is 23.7 Å². The molecule has 3 rings (SSSR count). The molecule has 5 nitrogen and oxygen atoms in total. The van der Waals surface area contributed by atoms with Gasteiger partial charge in [0.1, 0.15) is 0 Å². The molecule has 20 heavy (non-hydrogen) atoms. The number of hydrogen-bond acceptors (Lipinski definition) is 5. The highest BCUT2D eigenvalue weighted by atomic mass is 32.1. The van der Waals surface area contributed by atoms with Gasteiger partial charge in [0, 0.05) is 11.9 Å². The summed E-state index contributed by atoms with van der Waals surface area (Å²) in [5.74, 6) is 0.613. The molecule has 1 saturated carbocycles. The second kappa shape index (κ2) is 6.10. The number of hydrogen-bond donors (Lipinski definition) is 0. The zero-order valence-corrected chi connectivity index (χ0v) is 12.5. The molecule has 110 valence electrons. The predicted octanol–water partition coefficient (Wildman–Crippen LogP) is 2.59. The molecule has 0 aromatic carbocycles. The van der Waals surface area contributed by atoms with Gasteiger partial charge in [-0.2, -0.15) is 0 Å². The minimum Gasteiger partial charge on any atom is -0.449 e. The van der Waals surface area contributed by atoms with Crippen LogP contribution < -0.4 is 0 Å². The van der Waals surface area contributed by atoms with Gasteiger partial charge in [0.25, 0.3) is 0 Å². The maximum atomic E-state index is 11.8. The molecule has 1 atom stereocenters. The fourth-order valence-electron chi connectivity index (χ4n) is 2.27. The Balaban J connectivity index is 1.38. The number of aryl methyl sites for hydroxylation is 1. The van der Waals surface area contributed by atoms with Gasteiger partial charge in [0.05, 0.1) is 36.6 Å². The first-order valence-corrected chi connectivity index (χ1v) is 8.03. The molecule has 6 heteroatoms. The lowest BCUT2D eigenvalue weighted by Crippen LogP contribution is -2.31. The van der Waals surface area contributed by atoms with Crippen LogP contribution in [0.15, 0.2) is 5.38 Å². The standard InChI is InChI=1S/C14H20N2O3S/c1-10-15-12(9-20-10)8-18-13-4-5-16(6-13)14(17)19-7-11-2-3-11/h9,11,13H,2-8H2,1H3. The Bertz CT molecular complexity index is 473. The summed E-state index contributed by atoms with van der Waals surface area (Å²) >= 11 is 1.63. The van der Waals surface area contributed by atoms with E-state index >= 15 is 0 Å². The summed E-state index contributed by atoms with van der Waals surface area (Å²) in [6, 6.07) is 0. The molecule has 1 amide bonds. The van der Waals surface area contributed by atoms with Crippen molar-refractivity contribution in [3.8, 4) is 0 Å². The molecular formula is C14H20N2O3S. The highest BCUT2D eigenvalue weighted by Crippen LogP contribution is 2.29. The van der Waals surface area contributed by atoms with Crippen LogP contribution in [0.3, 0.4) is 0 Å². The molecule has 1 aliphatic heterocycles. The first-order chi connectivity index (χ1) is 9.70. The first-order valence-electron chi connectivity index (χ1n) is 7.15. The Hall–Kier alpha value is -1.14. The fraction of sp³-hybridized carbons (Fsp3) is 0.714. The van der Waals surface area contributed by atoms with E-state index in [0.29, 0.717) is 25.7 Å². The number of likely N-dealkylation sites (tertiary alicyclic amines) is 1. The maximum Gasteiger partial charge on any atom is 0.409 e. The number of nitrogens with zero attached hydrogens (tertiary/aromatic N) is 2. The monoisotopic (exact) mass is 296 g/mol. The van der Waals surface area contributed by atoms with Crippen LogP contribution in [0.1, 0.15) is 30.0 Å². The summed E-state index contributed by atoms with van der Waals surface area (Å²) < 4.78 is 11.1. The van der Waals surface area contributed by atoms with Crippen molar-refractivity contribution in [3.63, 3.8) is 0 Å². The number of amides is 1. The molecule has 2 heterocycles. The minimum absolute atomic E-state index is 0.102. The van der Waals surface area contributed by atoms with Gasteiger partial charge >= 0.3 is 6.09 Å². The molecule has 0 N–H and O–H groups in total. The average Bonchev–Trinajstić information content (AvgIpc) is 2.98. The van der Waals surface area contributed by atoms with E-state index in [2.05, 4.69) is 4.98 Å². The molecule has 1 aromatic rings. The summed E-state index contributed by atoms with van der Waals surface area (Å²) in [6.07, 6.45) is 3.19. The van der Waals surface area contributed by atoms with Crippen LogP contribution in [0.2, 0.25) is 0 Å². The second-order valence-electron chi connectivity index (χ2n) is 5.55. The smallest absolute Gasteiger partial charge is 0.409 e. The van der Waals surface area contributed by atoms with Crippen LogP contribution >= 0.6 is 11.3 Å². The Morgan fingerprint density at radius 3 is 3.05 bits per heavy atom. The third kappa shape index (κ3) is 3.70. The Morgan fingerprint density at radius 2 is 2.35 bits per heavy atom. The molecule has 2 fully saturated rings. The van der Waals surface area contributed by atoms with Crippen LogP contribution in [0, 0.1) is 12.8 Å². The Labute approximate surface area is 122 Å². The Morgan fingerprint density at radius 1 is 1.50 bits per heavy atom. The third-order valence-corrected chi connectivity index (χ3v) is 4.50. The number of thiazole rings is 1. The van der Waals surface area contributed by atoms with Crippen molar-refractivity contribution in [1.29, 1.82) is 0 Å². The van der Waals surface area contributed by atoms with E-state index in [1.165, 1.54) is 12.8 Å². The summed E-state index contributed by atoms with van der Waals surface area (Å²) in [5.41, 5.74) is 0.974. The van der Waals surface area contributed by atoms with Crippen molar-refractivity contribution in [1.82, 2.24) is 9.88 Å². The topological polar surface area (TPSA) is 51.7 Å². The number of rotatable bonds is 5. The van der Waals surface area contributed by atoms with Gasteiger partial charge in [-0.25, -0.2) is 9.78 Å². The van der Waals surface area contributed by atoms with Gasteiger partial charge in [0.15, 0.2) is 0 Å². The number of carbonyl (C=O) groups is 1. The Kier molecular flexibility index (Phi) is 4.21. The predicted molar refractivity (Wildman–Crippen MR) is 75.7 cm³/mol. The van der Waals surface area contributed by atoms with Crippen LogP contribution in [0.5, 0.6) is 0 Å². The van der Waals surface area contributed by atoms with E-state index in [1.54, 1.807) is 16.2 Å². The summed E-state index contributed by atoms with van der Waals surface area (Å²) in [7, 11) is 0. The maximum absolute atomic E-state index is 11.8. The average molecular weight is 296 g/mol. The van der Waals surface area contributed by atoms with Crippen molar-refractivity contribution in [2.24, 2.45) is 5.92 Å². The van der Waals surface area contributed by atoms with E-state index < -0.39 is 0 Å². The molecule has 0 spiro atoms. The lowest BCUT2D eigenvalue weighted by molar-refractivity contribution is 0.0420. The highest BCUT2D eigenvalue weighted by molar-refractivity contribution is 7.09. The van der Waals surface area contributed by atoms with Crippen LogP contribution in [-0.2, 0) is 16.1 Å². The van der Waals surface area contributed by atoms with Crippen molar-refractivity contribution in [2.45, 2.75) is 38.9 Å². The van der Waals surface area contributed by atoms with Crippen LogP contribution in [-0.4, -0.2) is 41.8 Å². The van der Waals surface area contributed by atoms with E-state index in [9.17, 15) is 4.79 Å². The van der Waals surface area contributed by atoms with E-state index in [4.69, 9.17) is 9.47 Å². The molecule has 2 aliphatic rings. The van der Waals surface area contributed by atoms with Gasteiger partial charge in [0.2, 0.25) is 0 Å². The molecular weight excluding hydrogens is 276 g/mol. The second-order valence-corrected chi connectivity index (χ2v) is 6.61. The van der Waals surface area contributed by atoms with Gasteiger partial charge in [-0.3, -0.25) is 0 Å². The minimum atomic E-state index is -0.187. The summed E-state index contributed by atoms with van der Waals surface area (Å²) in [6.45, 7) is 4.46. The summed E-state index contributed by atoms with van der Waals surface area (Å²) in [5, 5.41) is 3.08. The zero-order valence-electron chi connectivity index (χ0n) is 11.7. The first kappa shape index (κ1) is 13.8. The number of ether oxygens (including phenoxy) is 2. The summed E-state index contributed by atoms with van der Waals surface area (Å²) in [4.78, 5) is 18.0. The highest BCUT2D eigenvalue weighted by Gasteiger charge is 2.30. The fourth-order valence-corrected chi connectivity index (χ4v) is 2.87. The normalized spacial score (nSPS) is 22.2. The lowest BCUT2D eigenvalue weighted by Gasteiger charge is -2.16. The molecule has 1 unspecified atom stereocenters. The van der Waals surface area contributed by atoms with E-state index in [1.807, 2.05) is 12.3 Å². The molecule has 1 saturated heterocycles. The molecule has 1 aliphatic carbocycles. The van der Waals surface area contributed by atoms with E-state index in [-0.39, 0.29) is 12.2 Å². The largest absolute Gasteiger partial charge is 0.449 e. The number of carbonyl (C=O) groups excluding carboxylic acids is 1. The zero-order chi connectivity index (χ0) is 13.9. The molecule has 1 aromatic heterocycles.